The number of amides is 1. The lowest BCUT2D eigenvalue weighted by Gasteiger charge is -2.26. The van der Waals surface area contributed by atoms with Crippen LogP contribution in [0.5, 0.6) is 0 Å². The molecule has 1 atom stereocenters. The number of nitro benzene ring substituents is 1. The molecule has 0 fully saturated rings. The first kappa shape index (κ1) is 22.5. The number of sulfonamides is 1. The topological polar surface area (TPSA) is 124 Å². The van der Waals surface area contributed by atoms with Gasteiger partial charge >= 0.3 is 0 Å². The summed E-state index contributed by atoms with van der Waals surface area (Å²) < 4.78 is 22.8. The van der Waals surface area contributed by atoms with Gasteiger partial charge in [-0.05, 0) is 36.1 Å². The SMILES string of the molecule is CC(c1ccc(S(N)(=O)=O)cc1)N(C)C(=O)c1ccc(C(C)(C)C)c([N+](=O)[O-])c1. The van der Waals surface area contributed by atoms with E-state index in [0.29, 0.717) is 11.1 Å². The van der Waals surface area contributed by atoms with Crippen molar-refractivity contribution in [3.63, 3.8) is 0 Å². The molecule has 0 saturated heterocycles. The minimum absolute atomic E-state index is 0.0178. The van der Waals surface area contributed by atoms with Gasteiger partial charge in [-0.2, -0.15) is 0 Å². The van der Waals surface area contributed by atoms with Crippen LogP contribution >= 0.6 is 0 Å². The standard InChI is InChI=1S/C20H25N3O5S/c1-13(14-6-9-16(10-7-14)29(21,27)28)22(5)19(24)15-8-11-17(20(2,3)4)18(12-15)23(25)26/h6-13H,1-5H3,(H2,21,27,28). The van der Waals surface area contributed by atoms with Gasteiger partial charge < -0.3 is 4.90 Å². The Balaban J connectivity index is 2.34. The lowest BCUT2D eigenvalue weighted by Crippen LogP contribution is -2.30. The molecule has 9 heteroatoms. The van der Waals surface area contributed by atoms with Gasteiger partial charge in [-0.25, -0.2) is 13.6 Å². The lowest BCUT2D eigenvalue weighted by atomic mass is 9.85. The zero-order chi connectivity index (χ0) is 22.1. The maximum atomic E-state index is 12.9. The second-order valence-corrected chi connectivity index (χ2v) is 9.51. The van der Waals surface area contributed by atoms with Crippen molar-refractivity contribution < 1.29 is 18.1 Å². The fraction of sp³-hybridized carbons (Fsp3) is 0.350. The van der Waals surface area contributed by atoms with Crippen LogP contribution in [0.3, 0.4) is 0 Å². The molecule has 156 valence electrons. The number of hydrogen-bond donors (Lipinski definition) is 1. The summed E-state index contributed by atoms with van der Waals surface area (Å²) in [4.78, 5) is 25.4. The van der Waals surface area contributed by atoms with Gasteiger partial charge in [0.1, 0.15) is 0 Å². The molecule has 8 nitrogen and oxygen atoms in total. The van der Waals surface area contributed by atoms with Gasteiger partial charge in [-0.1, -0.05) is 39.0 Å². The molecule has 2 aromatic carbocycles. The zero-order valence-corrected chi connectivity index (χ0v) is 17.9. The van der Waals surface area contributed by atoms with E-state index in [0.717, 1.165) is 0 Å². The predicted octanol–water partition coefficient (Wildman–Crippen LogP) is 3.37. The summed E-state index contributed by atoms with van der Waals surface area (Å²) >= 11 is 0. The number of nitro groups is 1. The maximum Gasteiger partial charge on any atom is 0.273 e. The second-order valence-electron chi connectivity index (χ2n) is 7.95. The highest BCUT2D eigenvalue weighted by Gasteiger charge is 2.27. The first-order chi connectivity index (χ1) is 13.2. The predicted molar refractivity (Wildman–Crippen MR) is 110 cm³/mol. The van der Waals surface area contributed by atoms with Crippen LogP contribution in [0, 0.1) is 10.1 Å². The Morgan fingerprint density at radius 3 is 2.14 bits per heavy atom. The number of nitrogens with two attached hydrogens (primary N) is 1. The molecule has 2 aromatic rings. The smallest absolute Gasteiger partial charge is 0.273 e. The molecule has 0 spiro atoms. The van der Waals surface area contributed by atoms with Crippen LogP contribution in [0.25, 0.3) is 0 Å². The van der Waals surface area contributed by atoms with Gasteiger partial charge in [-0.15, -0.1) is 0 Å². The third-order valence-electron chi connectivity index (χ3n) is 4.84. The van der Waals surface area contributed by atoms with Crippen LogP contribution in [0.2, 0.25) is 0 Å². The van der Waals surface area contributed by atoms with Crippen LogP contribution in [-0.2, 0) is 15.4 Å². The number of primary sulfonamides is 1. The second kappa shape index (κ2) is 7.92. The van der Waals surface area contributed by atoms with E-state index in [1.165, 1.54) is 23.1 Å². The third-order valence-corrected chi connectivity index (χ3v) is 5.77. The van der Waals surface area contributed by atoms with E-state index < -0.39 is 26.4 Å². The summed E-state index contributed by atoms with van der Waals surface area (Å²) in [6, 6.07) is 10.0. The molecule has 0 aliphatic rings. The normalized spacial score (nSPS) is 13.0. The van der Waals surface area contributed by atoms with Crippen molar-refractivity contribution in [2.24, 2.45) is 5.14 Å². The van der Waals surface area contributed by atoms with Crippen molar-refractivity contribution in [1.82, 2.24) is 4.90 Å². The van der Waals surface area contributed by atoms with E-state index in [2.05, 4.69) is 0 Å². The van der Waals surface area contributed by atoms with Crippen molar-refractivity contribution in [3.8, 4) is 0 Å². The van der Waals surface area contributed by atoms with Crippen LogP contribution in [0.15, 0.2) is 47.4 Å². The minimum Gasteiger partial charge on any atom is -0.335 e. The van der Waals surface area contributed by atoms with Gasteiger partial charge in [-0.3, -0.25) is 14.9 Å². The van der Waals surface area contributed by atoms with E-state index in [-0.39, 0.29) is 22.1 Å². The van der Waals surface area contributed by atoms with E-state index in [1.807, 2.05) is 20.8 Å². The van der Waals surface area contributed by atoms with Crippen molar-refractivity contribution in [1.29, 1.82) is 0 Å². The van der Waals surface area contributed by atoms with Crippen molar-refractivity contribution in [2.45, 2.75) is 44.0 Å². The number of nitrogens with zero attached hydrogens (tertiary/aromatic N) is 2. The number of carbonyl (C=O) groups is 1. The Bertz CT molecular complexity index is 1040. The third kappa shape index (κ3) is 4.99. The Labute approximate surface area is 170 Å². The first-order valence-corrected chi connectivity index (χ1v) is 10.5. The summed E-state index contributed by atoms with van der Waals surface area (Å²) in [5.74, 6) is -0.378. The highest BCUT2D eigenvalue weighted by atomic mass is 32.2. The first-order valence-electron chi connectivity index (χ1n) is 8.92. The number of hydrogen-bond acceptors (Lipinski definition) is 5. The molecule has 0 aromatic heterocycles. The number of carbonyl (C=O) groups excluding carboxylic acids is 1. The van der Waals surface area contributed by atoms with E-state index >= 15 is 0 Å². The monoisotopic (exact) mass is 419 g/mol. The summed E-state index contributed by atoms with van der Waals surface area (Å²) in [6.45, 7) is 7.39. The Morgan fingerprint density at radius 2 is 1.69 bits per heavy atom. The molecule has 0 aliphatic heterocycles. The van der Waals surface area contributed by atoms with Crippen LogP contribution in [0.4, 0.5) is 5.69 Å². The molecule has 0 bridgehead atoms. The molecule has 29 heavy (non-hydrogen) atoms. The quantitative estimate of drug-likeness (QED) is 0.588. The molecule has 0 heterocycles. The Hall–Kier alpha value is -2.78. The van der Waals surface area contributed by atoms with Gasteiger partial charge in [0, 0.05) is 24.2 Å². The highest BCUT2D eigenvalue weighted by molar-refractivity contribution is 7.89. The minimum atomic E-state index is -3.80. The zero-order valence-electron chi connectivity index (χ0n) is 17.0. The van der Waals surface area contributed by atoms with Crippen molar-refractivity contribution in [2.75, 3.05) is 7.05 Å². The molecule has 1 amide bonds. The molecular weight excluding hydrogens is 394 g/mol. The average Bonchev–Trinajstić information content (AvgIpc) is 2.64. The van der Waals surface area contributed by atoms with E-state index in [4.69, 9.17) is 5.14 Å². The largest absolute Gasteiger partial charge is 0.335 e. The van der Waals surface area contributed by atoms with Crippen LogP contribution in [-0.4, -0.2) is 31.2 Å². The van der Waals surface area contributed by atoms with Gasteiger partial charge in [0.25, 0.3) is 11.6 Å². The molecule has 2 rings (SSSR count). The number of benzene rings is 2. The van der Waals surface area contributed by atoms with Crippen LogP contribution in [0.1, 0.15) is 55.2 Å². The summed E-state index contributed by atoms with van der Waals surface area (Å²) in [6.07, 6.45) is 0. The maximum absolute atomic E-state index is 12.9. The molecule has 0 radical (unpaired) electrons. The van der Waals surface area contributed by atoms with E-state index in [9.17, 15) is 23.3 Å². The van der Waals surface area contributed by atoms with Crippen molar-refractivity contribution >= 4 is 21.6 Å². The highest BCUT2D eigenvalue weighted by Crippen LogP contribution is 2.32. The molecule has 0 aliphatic carbocycles. The van der Waals surface area contributed by atoms with Crippen molar-refractivity contribution in [3.05, 3.63) is 69.3 Å². The van der Waals surface area contributed by atoms with Gasteiger partial charge in [0.15, 0.2) is 0 Å². The summed E-state index contributed by atoms with van der Waals surface area (Å²) in [5.41, 5.74) is 0.929. The fourth-order valence-electron chi connectivity index (χ4n) is 2.99. The molecule has 1 unspecified atom stereocenters. The van der Waals surface area contributed by atoms with Gasteiger partial charge in [0.05, 0.1) is 15.9 Å². The number of rotatable bonds is 5. The summed E-state index contributed by atoms with van der Waals surface area (Å²) in [7, 11) is -2.21. The Morgan fingerprint density at radius 1 is 1.14 bits per heavy atom. The lowest BCUT2D eigenvalue weighted by molar-refractivity contribution is -0.386. The molecular formula is C20H25N3O5S. The molecule has 2 N–H and O–H groups in total. The van der Waals surface area contributed by atoms with E-state index in [1.54, 1.807) is 38.2 Å². The van der Waals surface area contributed by atoms with Gasteiger partial charge in [0.2, 0.25) is 10.0 Å². The van der Waals surface area contributed by atoms with Crippen LogP contribution < -0.4 is 5.14 Å². The Kier molecular flexibility index (Phi) is 6.15. The average molecular weight is 420 g/mol. The summed E-state index contributed by atoms with van der Waals surface area (Å²) in [5, 5.41) is 16.6. The molecule has 0 saturated carbocycles. The fourth-order valence-corrected chi connectivity index (χ4v) is 3.50.